The SMILES string of the molecule is NCc1ccc(Oc2cccc3cccnc23)c(Cl)c1. The highest BCUT2D eigenvalue weighted by Gasteiger charge is 2.07. The zero-order valence-corrected chi connectivity index (χ0v) is 11.5. The Labute approximate surface area is 122 Å². The van der Waals surface area contributed by atoms with Gasteiger partial charge in [-0.15, -0.1) is 0 Å². The maximum absolute atomic E-state index is 6.21. The fraction of sp³-hybridized carbons (Fsp3) is 0.0625. The Balaban J connectivity index is 2.01. The molecule has 0 aliphatic carbocycles. The van der Waals surface area contributed by atoms with Gasteiger partial charge < -0.3 is 10.5 Å². The first-order valence-corrected chi connectivity index (χ1v) is 6.66. The molecule has 2 N–H and O–H groups in total. The van der Waals surface area contributed by atoms with Crippen molar-refractivity contribution in [3.8, 4) is 11.5 Å². The Hall–Kier alpha value is -2.10. The lowest BCUT2D eigenvalue weighted by atomic mass is 10.2. The number of hydrogen-bond acceptors (Lipinski definition) is 3. The number of para-hydroxylation sites is 1. The second-order valence-electron chi connectivity index (χ2n) is 4.40. The molecule has 0 saturated carbocycles. The van der Waals surface area contributed by atoms with Crippen LogP contribution in [0.5, 0.6) is 11.5 Å². The molecule has 0 spiro atoms. The molecule has 4 heteroatoms. The van der Waals surface area contributed by atoms with E-state index in [4.69, 9.17) is 22.1 Å². The lowest BCUT2D eigenvalue weighted by Gasteiger charge is -2.10. The Morgan fingerprint density at radius 3 is 2.70 bits per heavy atom. The molecule has 1 aromatic heterocycles. The topological polar surface area (TPSA) is 48.1 Å². The molecule has 3 aromatic rings. The third-order valence-corrected chi connectivity index (χ3v) is 3.34. The van der Waals surface area contributed by atoms with E-state index in [-0.39, 0.29) is 0 Å². The highest BCUT2D eigenvalue weighted by molar-refractivity contribution is 6.32. The van der Waals surface area contributed by atoms with Crippen molar-refractivity contribution < 1.29 is 4.74 Å². The number of rotatable bonds is 3. The van der Waals surface area contributed by atoms with E-state index < -0.39 is 0 Å². The van der Waals surface area contributed by atoms with Gasteiger partial charge in [-0.05, 0) is 29.8 Å². The number of fused-ring (bicyclic) bond motifs is 1. The first kappa shape index (κ1) is 12.9. The van der Waals surface area contributed by atoms with Crippen LogP contribution in [-0.4, -0.2) is 4.98 Å². The number of nitrogens with two attached hydrogens (primary N) is 1. The number of ether oxygens (including phenoxy) is 1. The van der Waals surface area contributed by atoms with E-state index in [0.29, 0.717) is 23.1 Å². The molecule has 0 unspecified atom stereocenters. The van der Waals surface area contributed by atoms with Gasteiger partial charge in [0.15, 0.2) is 5.75 Å². The summed E-state index contributed by atoms with van der Waals surface area (Å²) in [6.45, 7) is 0.454. The van der Waals surface area contributed by atoms with E-state index in [1.165, 1.54) is 0 Å². The minimum Gasteiger partial charge on any atom is -0.454 e. The molecule has 0 atom stereocenters. The highest BCUT2D eigenvalue weighted by atomic mass is 35.5. The van der Waals surface area contributed by atoms with Gasteiger partial charge in [0.2, 0.25) is 0 Å². The summed E-state index contributed by atoms with van der Waals surface area (Å²) in [5.41, 5.74) is 7.37. The summed E-state index contributed by atoms with van der Waals surface area (Å²) in [4.78, 5) is 4.35. The summed E-state index contributed by atoms with van der Waals surface area (Å²) in [7, 11) is 0. The molecule has 3 nitrogen and oxygen atoms in total. The van der Waals surface area contributed by atoms with Crippen molar-refractivity contribution in [1.82, 2.24) is 4.98 Å². The lowest BCUT2D eigenvalue weighted by Crippen LogP contribution is -1.96. The zero-order chi connectivity index (χ0) is 13.9. The molecule has 0 fully saturated rings. The fourth-order valence-corrected chi connectivity index (χ4v) is 2.27. The Morgan fingerprint density at radius 2 is 1.90 bits per heavy atom. The molecule has 0 amide bonds. The molecule has 3 rings (SSSR count). The summed E-state index contributed by atoms with van der Waals surface area (Å²) in [6, 6.07) is 15.2. The monoisotopic (exact) mass is 284 g/mol. The van der Waals surface area contributed by atoms with E-state index in [1.807, 2.05) is 48.5 Å². The van der Waals surface area contributed by atoms with E-state index in [9.17, 15) is 0 Å². The molecule has 0 bridgehead atoms. The zero-order valence-electron chi connectivity index (χ0n) is 10.7. The number of pyridine rings is 1. The average Bonchev–Trinajstić information content (AvgIpc) is 2.49. The van der Waals surface area contributed by atoms with Gasteiger partial charge >= 0.3 is 0 Å². The van der Waals surface area contributed by atoms with Crippen LogP contribution in [0.3, 0.4) is 0 Å². The van der Waals surface area contributed by atoms with Crippen LogP contribution in [0.15, 0.2) is 54.7 Å². The molecule has 0 aliphatic rings. The fourth-order valence-electron chi connectivity index (χ4n) is 2.03. The quantitative estimate of drug-likeness (QED) is 0.786. The highest BCUT2D eigenvalue weighted by Crippen LogP contribution is 2.33. The molecule has 1 heterocycles. The van der Waals surface area contributed by atoms with Gasteiger partial charge in [-0.1, -0.05) is 35.9 Å². The molecule has 2 aromatic carbocycles. The van der Waals surface area contributed by atoms with Crippen molar-refractivity contribution >= 4 is 22.5 Å². The van der Waals surface area contributed by atoms with Gasteiger partial charge in [-0.2, -0.15) is 0 Å². The summed E-state index contributed by atoms with van der Waals surface area (Å²) >= 11 is 6.21. The minimum absolute atomic E-state index is 0.454. The Kier molecular flexibility index (Phi) is 3.54. The van der Waals surface area contributed by atoms with Gasteiger partial charge in [-0.25, -0.2) is 0 Å². The minimum atomic E-state index is 0.454. The first-order chi connectivity index (χ1) is 9.78. The predicted octanol–water partition coefficient (Wildman–Crippen LogP) is 4.14. The van der Waals surface area contributed by atoms with Gasteiger partial charge in [0.1, 0.15) is 11.3 Å². The van der Waals surface area contributed by atoms with E-state index in [2.05, 4.69) is 4.98 Å². The van der Waals surface area contributed by atoms with Crippen molar-refractivity contribution in [2.45, 2.75) is 6.54 Å². The largest absolute Gasteiger partial charge is 0.454 e. The van der Waals surface area contributed by atoms with Crippen LogP contribution < -0.4 is 10.5 Å². The molecular formula is C16H13ClN2O. The standard InChI is InChI=1S/C16H13ClN2O/c17-13-9-11(10-18)6-7-14(13)20-15-5-1-3-12-4-2-8-19-16(12)15/h1-9H,10,18H2. The normalized spacial score (nSPS) is 10.7. The lowest BCUT2D eigenvalue weighted by molar-refractivity contribution is 0.487. The van der Waals surface area contributed by atoms with Crippen LogP contribution >= 0.6 is 11.6 Å². The van der Waals surface area contributed by atoms with Crippen molar-refractivity contribution in [3.05, 3.63) is 65.3 Å². The second-order valence-corrected chi connectivity index (χ2v) is 4.81. The van der Waals surface area contributed by atoms with E-state index in [0.717, 1.165) is 16.5 Å². The van der Waals surface area contributed by atoms with Crippen molar-refractivity contribution in [2.75, 3.05) is 0 Å². The van der Waals surface area contributed by atoms with E-state index >= 15 is 0 Å². The van der Waals surface area contributed by atoms with Gasteiger partial charge in [0.25, 0.3) is 0 Å². The Bertz CT molecular complexity index is 753. The molecule has 0 aliphatic heterocycles. The smallest absolute Gasteiger partial charge is 0.153 e. The van der Waals surface area contributed by atoms with Gasteiger partial charge in [-0.3, -0.25) is 4.98 Å². The number of aromatic nitrogens is 1. The molecule has 100 valence electrons. The average molecular weight is 285 g/mol. The third-order valence-electron chi connectivity index (χ3n) is 3.05. The van der Waals surface area contributed by atoms with Crippen LogP contribution in [0.1, 0.15) is 5.56 Å². The summed E-state index contributed by atoms with van der Waals surface area (Å²) in [6.07, 6.45) is 1.74. The maximum atomic E-state index is 6.21. The summed E-state index contributed by atoms with van der Waals surface area (Å²) in [5, 5.41) is 1.57. The summed E-state index contributed by atoms with van der Waals surface area (Å²) < 4.78 is 5.89. The van der Waals surface area contributed by atoms with Gasteiger partial charge in [0.05, 0.1) is 5.02 Å². The first-order valence-electron chi connectivity index (χ1n) is 6.28. The van der Waals surface area contributed by atoms with Crippen molar-refractivity contribution in [3.63, 3.8) is 0 Å². The summed E-state index contributed by atoms with van der Waals surface area (Å²) in [5.74, 6) is 1.28. The Morgan fingerprint density at radius 1 is 1.05 bits per heavy atom. The van der Waals surface area contributed by atoms with Crippen LogP contribution in [0.2, 0.25) is 5.02 Å². The van der Waals surface area contributed by atoms with Crippen molar-refractivity contribution in [1.29, 1.82) is 0 Å². The number of hydrogen-bond donors (Lipinski definition) is 1. The molecule has 20 heavy (non-hydrogen) atoms. The molecule has 0 saturated heterocycles. The van der Waals surface area contributed by atoms with Gasteiger partial charge in [0, 0.05) is 18.1 Å². The predicted molar refractivity (Wildman–Crippen MR) is 81.2 cm³/mol. The third kappa shape index (κ3) is 2.46. The van der Waals surface area contributed by atoms with E-state index in [1.54, 1.807) is 6.20 Å². The van der Waals surface area contributed by atoms with Crippen LogP contribution in [0.4, 0.5) is 0 Å². The molecule has 0 radical (unpaired) electrons. The second kappa shape index (κ2) is 5.49. The number of nitrogens with zero attached hydrogens (tertiary/aromatic N) is 1. The number of halogens is 1. The van der Waals surface area contributed by atoms with Crippen LogP contribution in [-0.2, 0) is 6.54 Å². The maximum Gasteiger partial charge on any atom is 0.153 e. The number of benzene rings is 2. The van der Waals surface area contributed by atoms with Crippen LogP contribution in [0, 0.1) is 0 Å². The van der Waals surface area contributed by atoms with Crippen LogP contribution in [0.25, 0.3) is 10.9 Å². The molecular weight excluding hydrogens is 272 g/mol. The van der Waals surface area contributed by atoms with Crippen molar-refractivity contribution in [2.24, 2.45) is 5.73 Å².